The molecule has 0 atom stereocenters. The fourth-order valence-electron chi connectivity index (χ4n) is 1.67. The minimum Gasteiger partial charge on any atom is -0.438 e. The van der Waals surface area contributed by atoms with Crippen molar-refractivity contribution in [3.05, 3.63) is 46.1 Å². The van der Waals surface area contributed by atoms with Crippen LogP contribution >= 0.6 is 15.9 Å². The largest absolute Gasteiger partial charge is 0.438 e. The van der Waals surface area contributed by atoms with Gasteiger partial charge in [-0.2, -0.15) is 0 Å². The maximum atomic E-state index is 5.79. The van der Waals surface area contributed by atoms with Gasteiger partial charge in [-0.05, 0) is 52.0 Å². The van der Waals surface area contributed by atoms with Crippen molar-refractivity contribution >= 4 is 21.6 Å². The molecule has 1 aromatic carbocycles. The van der Waals surface area contributed by atoms with E-state index in [2.05, 4.69) is 46.9 Å². The molecule has 3 nitrogen and oxygen atoms in total. The van der Waals surface area contributed by atoms with Crippen molar-refractivity contribution in [1.82, 2.24) is 4.98 Å². The molecule has 2 N–H and O–H groups in total. The number of halogens is 1. The maximum absolute atomic E-state index is 5.79. The van der Waals surface area contributed by atoms with Crippen LogP contribution in [0.3, 0.4) is 0 Å². The predicted octanol–water partition coefficient (Wildman–Crippen LogP) is 4.65. The van der Waals surface area contributed by atoms with Crippen molar-refractivity contribution in [2.45, 2.75) is 26.7 Å². The number of pyridine rings is 1. The number of anilines is 1. The number of nitrogens with two attached hydrogens (primary N) is 1. The number of hydrogen-bond acceptors (Lipinski definition) is 3. The lowest BCUT2D eigenvalue weighted by atomic mass is 10.0. The SMILES string of the molecule is Cc1c(N)cnc(Oc2ccc(C(C)C)cc2)c1Br. The molecule has 0 bridgehead atoms. The lowest BCUT2D eigenvalue weighted by molar-refractivity contribution is 0.459. The number of aromatic nitrogens is 1. The summed E-state index contributed by atoms with van der Waals surface area (Å²) in [6.07, 6.45) is 1.61. The third kappa shape index (κ3) is 3.07. The van der Waals surface area contributed by atoms with Crippen LogP contribution in [0.15, 0.2) is 34.9 Å². The molecular formula is C15H17BrN2O. The Kier molecular flexibility index (Phi) is 4.10. The molecule has 0 amide bonds. The van der Waals surface area contributed by atoms with Gasteiger partial charge in [0.2, 0.25) is 5.88 Å². The fourth-order valence-corrected chi connectivity index (χ4v) is 2.08. The first-order chi connectivity index (χ1) is 8.99. The standard InChI is InChI=1S/C15H17BrN2O/c1-9(2)11-4-6-12(7-5-11)19-15-14(16)10(3)13(17)8-18-15/h4-9H,17H2,1-3H3. The van der Waals surface area contributed by atoms with Gasteiger partial charge in [0.05, 0.1) is 16.4 Å². The summed E-state index contributed by atoms with van der Waals surface area (Å²) in [6, 6.07) is 8.04. The predicted molar refractivity (Wildman–Crippen MR) is 81.7 cm³/mol. The van der Waals surface area contributed by atoms with E-state index in [1.807, 2.05) is 19.1 Å². The molecule has 1 aromatic heterocycles. The molecule has 0 radical (unpaired) electrons. The monoisotopic (exact) mass is 320 g/mol. The molecule has 4 heteroatoms. The summed E-state index contributed by atoms with van der Waals surface area (Å²) in [5.74, 6) is 1.81. The van der Waals surface area contributed by atoms with E-state index in [-0.39, 0.29) is 0 Å². The minimum atomic E-state index is 0.512. The average molecular weight is 321 g/mol. The van der Waals surface area contributed by atoms with Gasteiger partial charge in [-0.25, -0.2) is 4.98 Å². The van der Waals surface area contributed by atoms with Gasteiger partial charge >= 0.3 is 0 Å². The van der Waals surface area contributed by atoms with Gasteiger partial charge < -0.3 is 10.5 Å². The third-order valence-electron chi connectivity index (χ3n) is 3.03. The molecule has 2 rings (SSSR count). The van der Waals surface area contributed by atoms with Crippen LogP contribution in [0.25, 0.3) is 0 Å². The normalized spacial score (nSPS) is 10.8. The lowest BCUT2D eigenvalue weighted by Gasteiger charge is -2.11. The Bertz CT molecular complexity index is 579. The number of ether oxygens (including phenoxy) is 1. The van der Waals surface area contributed by atoms with Gasteiger partial charge in [-0.3, -0.25) is 0 Å². The fraction of sp³-hybridized carbons (Fsp3) is 0.267. The first-order valence-electron chi connectivity index (χ1n) is 6.17. The molecule has 0 unspecified atom stereocenters. The van der Waals surface area contributed by atoms with Crippen LogP contribution in [0.2, 0.25) is 0 Å². The quantitative estimate of drug-likeness (QED) is 0.895. The topological polar surface area (TPSA) is 48.1 Å². The summed E-state index contributed by atoms with van der Waals surface area (Å²) < 4.78 is 6.56. The number of nitrogen functional groups attached to an aromatic ring is 1. The van der Waals surface area contributed by atoms with Gasteiger partial charge in [0.15, 0.2) is 0 Å². The molecule has 100 valence electrons. The zero-order valence-corrected chi connectivity index (χ0v) is 12.9. The summed E-state index contributed by atoms with van der Waals surface area (Å²) in [5.41, 5.74) is 8.65. The Hall–Kier alpha value is -1.55. The molecule has 0 saturated heterocycles. The maximum Gasteiger partial charge on any atom is 0.233 e. The number of rotatable bonds is 3. The van der Waals surface area contributed by atoms with Gasteiger partial charge in [-0.15, -0.1) is 0 Å². The molecule has 1 heterocycles. The third-order valence-corrected chi connectivity index (χ3v) is 3.97. The molecule has 2 aromatic rings. The minimum absolute atomic E-state index is 0.512. The first-order valence-corrected chi connectivity index (χ1v) is 6.96. The zero-order valence-electron chi connectivity index (χ0n) is 11.3. The average Bonchev–Trinajstić information content (AvgIpc) is 2.40. The van der Waals surface area contributed by atoms with E-state index in [1.165, 1.54) is 5.56 Å². The Morgan fingerprint density at radius 1 is 1.21 bits per heavy atom. The molecule has 0 aliphatic carbocycles. The highest BCUT2D eigenvalue weighted by atomic mass is 79.9. The molecule has 0 aliphatic heterocycles. The second-order valence-corrected chi connectivity index (χ2v) is 5.58. The van der Waals surface area contributed by atoms with Crippen LogP contribution in [0.1, 0.15) is 30.9 Å². The second kappa shape index (κ2) is 5.61. The van der Waals surface area contributed by atoms with E-state index in [4.69, 9.17) is 10.5 Å². The van der Waals surface area contributed by atoms with Crippen LogP contribution in [-0.4, -0.2) is 4.98 Å². The zero-order chi connectivity index (χ0) is 14.0. The van der Waals surface area contributed by atoms with Gasteiger partial charge in [0.1, 0.15) is 5.75 Å². The van der Waals surface area contributed by atoms with Crippen LogP contribution in [-0.2, 0) is 0 Å². The van der Waals surface area contributed by atoms with Crippen molar-refractivity contribution in [3.8, 4) is 11.6 Å². The van der Waals surface area contributed by atoms with E-state index in [0.29, 0.717) is 17.5 Å². The van der Waals surface area contributed by atoms with Crippen LogP contribution in [0, 0.1) is 6.92 Å². The summed E-state index contributed by atoms with van der Waals surface area (Å²) in [6.45, 7) is 6.25. The smallest absolute Gasteiger partial charge is 0.233 e. The van der Waals surface area contributed by atoms with Crippen molar-refractivity contribution in [1.29, 1.82) is 0 Å². The molecular weight excluding hydrogens is 304 g/mol. The van der Waals surface area contributed by atoms with Gasteiger partial charge in [-0.1, -0.05) is 26.0 Å². The first kappa shape index (κ1) is 13.9. The highest BCUT2D eigenvalue weighted by molar-refractivity contribution is 9.10. The van der Waals surface area contributed by atoms with E-state index in [9.17, 15) is 0 Å². The Balaban J connectivity index is 2.24. The Morgan fingerprint density at radius 3 is 2.42 bits per heavy atom. The van der Waals surface area contributed by atoms with Crippen LogP contribution in [0.5, 0.6) is 11.6 Å². The van der Waals surface area contributed by atoms with E-state index < -0.39 is 0 Å². The van der Waals surface area contributed by atoms with E-state index >= 15 is 0 Å². The molecule has 0 spiro atoms. The van der Waals surface area contributed by atoms with Crippen molar-refractivity contribution in [3.63, 3.8) is 0 Å². The molecule has 19 heavy (non-hydrogen) atoms. The lowest BCUT2D eigenvalue weighted by Crippen LogP contribution is -1.96. The van der Waals surface area contributed by atoms with Crippen LogP contribution < -0.4 is 10.5 Å². The molecule has 0 fully saturated rings. The van der Waals surface area contributed by atoms with Crippen molar-refractivity contribution in [2.75, 3.05) is 5.73 Å². The number of nitrogens with zero attached hydrogens (tertiary/aromatic N) is 1. The van der Waals surface area contributed by atoms with Crippen molar-refractivity contribution < 1.29 is 4.74 Å². The van der Waals surface area contributed by atoms with Crippen LogP contribution in [0.4, 0.5) is 5.69 Å². The summed E-state index contributed by atoms with van der Waals surface area (Å²) in [4.78, 5) is 4.20. The Morgan fingerprint density at radius 2 is 1.84 bits per heavy atom. The highest BCUT2D eigenvalue weighted by Gasteiger charge is 2.09. The summed E-state index contributed by atoms with van der Waals surface area (Å²) >= 11 is 3.46. The Labute approximate surface area is 121 Å². The second-order valence-electron chi connectivity index (χ2n) is 4.78. The number of hydrogen-bond donors (Lipinski definition) is 1. The van der Waals surface area contributed by atoms with Gasteiger partial charge in [0, 0.05) is 0 Å². The summed E-state index contributed by atoms with van der Waals surface area (Å²) in [5, 5.41) is 0. The van der Waals surface area contributed by atoms with E-state index in [1.54, 1.807) is 6.20 Å². The van der Waals surface area contributed by atoms with E-state index in [0.717, 1.165) is 15.8 Å². The molecule has 0 aliphatic rings. The highest BCUT2D eigenvalue weighted by Crippen LogP contribution is 2.32. The molecule has 0 saturated carbocycles. The van der Waals surface area contributed by atoms with Gasteiger partial charge in [0.25, 0.3) is 0 Å². The summed E-state index contributed by atoms with van der Waals surface area (Å²) in [7, 11) is 0. The van der Waals surface area contributed by atoms with Crippen molar-refractivity contribution in [2.24, 2.45) is 0 Å². The number of benzene rings is 1.